The molecule has 0 saturated carbocycles. The molecule has 10 heteroatoms. The second-order valence-electron chi connectivity index (χ2n) is 5.68. The summed E-state index contributed by atoms with van der Waals surface area (Å²) in [7, 11) is -4.90. The zero-order valence-corrected chi connectivity index (χ0v) is 18.0. The molecule has 0 amide bonds. The van der Waals surface area contributed by atoms with Crippen molar-refractivity contribution in [2.75, 3.05) is 0 Å². The van der Waals surface area contributed by atoms with Gasteiger partial charge in [-0.2, -0.15) is 5.11 Å². The minimum Gasteiger partial charge on any atom is -0.744 e. The van der Waals surface area contributed by atoms with E-state index in [1.807, 2.05) is 0 Å². The molecule has 0 saturated heterocycles. The van der Waals surface area contributed by atoms with Crippen LogP contribution in [0, 0.1) is 0 Å². The third kappa shape index (κ3) is 5.28. The minimum atomic E-state index is -4.90. The fourth-order valence-corrected chi connectivity index (χ4v) is 3.05. The van der Waals surface area contributed by atoms with Crippen molar-refractivity contribution in [1.29, 1.82) is 0 Å². The van der Waals surface area contributed by atoms with E-state index >= 15 is 0 Å². The van der Waals surface area contributed by atoms with Crippen molar-refractivity contribution in [1.82, 2.24) is 0 Å². The molecule has 0 fully saturated rings. The number of carbonyl (C=O) groups is 1. The molecular weight excluding hydrogens is 407 g/mol. The van der Waals surface area contributed by atoms with Crippen molar-refractivity contribution in [3.05, 3.63) is 72.3 Å². The second-order valence-corrected chi connectivity index (χ2v) is 7.06. The van der Waals surface area contributed by atoms with Gasteiger partial charge in [0.2, 0.25) is 0 Å². The van der Waals surface area contributed by atoms with Crippen LogP contribution in [0.25, 0.3) is 11.1 Å². The number of carboxylic acids is 1. The topological polar surface area (TPSA) is 139 Å². The summed E-state index contributed by atoms with van der Waals surface area (Å²) >= 11 is 0. The van der Waals surface area contributed by atoms with Gasteiger partial charge < -0.3 is 14.8 Å². The van der Waals surface area contributed by atoms with Gasteiger partial charge in [-0.3, -0.25) is 0 Å². The molecule has 8 nitrogen and oxygen atoms in total. The van der Waals surface area contributed by atoms with E-state index < -0.39 is 26.7 Å². The summed E-state index contributed by atoms with van der Waals surface area (Å²) in [6, 6.07) is 15.9. The van der Waals surface area contributed by atoms with Gasteiger partial charge in [0.15, 0.2) is 5.75 Å². The minimum absolute atomic E-state index is 0. The third-order valence-corrected chi connectivity index (χ3v) is 4.64. The van der Waals surface area contributed by atoms with E-state index in [0.717, 1.165) is 12.1 Å². The SMILES string of the molecule is O=C(O)c1ccccc1-c1cc(S(=O)(=O)[O-])cc(N=Nc2ccccc2)c1O.[Na+]. The van der Waals surface area contributed by atoms with Crippen LogP contribution in [0.3, 0.4) is 0 Å². The second kappa shape index (κ2) is 9.29. The smallest absolute Gasteiger partial charge is 0.744 e. The maximum Gasteiger partial charge on any atom is 1.00 e. The van der Waals surface area contributed by atoms with Gasteiger partial charge in [0, 0.05) is 5.56 Å². The van der Waals surface area contributed by atoms with Crippen molar-refractivity contribution in [3.63, 3.8) is 0 Å². The maximum atomic E-state index is 11.5. The van der Waals surface area contributed by atoms with Crippen LogP contribution in [0.4, 0.5) is 11.4 Å². The fraction of sp³-hybridized carbons (Fsp3) is 0. The monoisotopic (exact) mass is 420 g/mol. The zero-order chi connectivity index (χ0) is 20.3. The van der Waals surface area contributed by atoms with E-state index in [4.69, 9.17) is 0 Å². The predicted octanol–water partition coefficient (Wildman–Crippen LogP) is 1.08. The summed E-state index contributed by atoms with van der Waals surface area (Å²) in [5.41, 5.74) is -0.143. The number of nitrogens with zero attached hydrogens (tertiary/aromatic N) is 2. The van der Waals surface area contributed by atoms with Crippen molar-refractivity contribution >= 4 is 27.5 Å². The third-order valence-electron chi connectivity index (χ3n) is 3.83. The molecule has 0 atom stereocenters. The molecule has 142 valence electrons. The Kier molecular flexibility index (Phi) is 7.28. The Balaban J connectivity index is 0.00000300. The molecular formula is C19H13N2NaO6S. The Morgan fingerprint density at radius 2 is 1.52 bits per heavy atom. The molecule has 0 bridgehead atoms. The van der Waals surface area contributed by atoms with Crippen LogP contribution in [0.15, 0.2) is 81.9 Å². The van der Waals surface area contributed by atoms with Crippen LogP contribution in [-0.4, -0.2) is 29.2 Å². The first-order valence-corrected chi connectivity index (χ1v) is 9.30. The molecule has 3 aromatic rings. The van der Waals surface area contributed by atoms with E-state index in [1.165, 1.54) is 24.3 Å². The summed E-state index contributed by atoms with van der Waals surface area (Å²) in [6.07, 6.45) is 0. The van der Waals surface area contributed by atoms with E-state index in [2.05, 4.69) is 10.2 Å². The number of hydrogen-bond donors (Lipinski definition) is 2. The Morgan fingerprint density at radius 3 is 2.14 bits per heavy atom. The predicted molar refractivity (Wildman–Crippen MR) is 99.1 cm³/mol. The number of phenolic OH excluding ortho intramolecular Hbond substituents is 1. The van der Waals surface area contributed by atoms with Gasteiger partial charge in [-0.25, -0.2) is 13.2 Å². The molecule has 0 aromatic heterocycles. The van der Waals surface area contributed by atoms with Crippen molar-refractivity contribution in [2.24, 2.45) is 10.2 Å². The van der Waals surface area contributed by atoms with Crippen LogP contribution in [0.2, 0.25) is 0 Å². The summed E-state index contributed by atoms with van der Waals surface area (Å²) in [5, 5.41) is 27.7. The number of azo groups is 1. The number of benzene rings is 3. The Hall–Kier alpha value is -2.56. The van der Waals surface area contributed by atoms with Gasteiger partial charge in [0.1, 0.15) is 15.8 Å². The van der Waals surface area contributed by atoms with E-state index in [9.17, 15) is 28.0 Å². The molecule has 0 unspecified atom stereocenters. The average molecular weight is 420 g/mol. The molecule has 2 N–H and O–H groups in total. The van der Waals surface area contributed by atoms with E-state index in [1.54, 1.807) is 30.3 Å². The van der Waals surface area contributed by atoms with Crippen LogP contribution in [0.1, 0.15) is 10.4 Å². The van der Waals surface area contributed by atoms with Crippen molar-refractivity contribution < 1.29 is 57.5 Å². The summed E-state index contributed by atoms with van der Waals surface area (Å²) in [4.78, 5) is 10.8. The number of aromatic hydroxyl groups is 1. The number of carboxylic acid groups (broad SMARTS) is 1. The average Bonchev–Trinajstić information content (AvgIpc) is 2.67. The molecule has 0 aliphatic carbocycles. The van der Waals surface area contributed by atoms with Gasteiger partial charge in [-0.15, -0.1) is 5.11 Å². The number of aromatic carboxylic acids is 1. The van der Waals surface area contributed by atoms with Gasteiger partial charge in [0.25, 0.3) is 0 Å². The quantitative estimate of drug-likeness (QED) is 0.360. The number of rotatable bonds is 5. The molecule has 0 spiro atoms. The van der Waals surface area contributed by atoms with Crippen LogP contribution >= 0.6 is 0 Å². The van der Waals surface area contributed by atoms with Crippen LogP contribution in [-0.2, 0) is 10.1 Å². The zero-order valence-electron chi connectivity index (χ0n) is 15.2. The molecule has 0 aliphatic rings. The largest absolute Gasteiger partial charge is 1.00 e. The molecule has 3 rings (SSSR count). The Bertz CT molecular complexity index is 1180. The fourth-order valence-electron chi connectivity index (χ4n) is 2.53. The normalized spacial score (nSPS) is 11.2. The standard InChI is InChI=1S/C19H14N2O6S.Na/c22-18-16(14-8-4-5-9-15(14)19(23)24)10-13(28(25,26)27)11-17(18)21-20-12-6-2-1-3-7-12;/h1-11,22H,(H,23,24)(H,25,26,27);/q;+1/p-1. The Morgan fingerprint density at radius 1 is 0.897 bits per heavy atom. The summed E-state index contributed by atoms with van der Waals surface area (Å²) < 4.78 is 34.6. The number of hydrogen-bond acceptors (Lipinski definition) is 7. The first-order valence-electron chi connectivity index (χ1n) is 7.90. The van der Waals surface area contributed by atoms with Gasteiger partial charge in [0.05, 0.1) is 16.1 Å². The first kappa shape index (κ1) is 22.7. The first-order chi connectivity index (χ1) is 13.3. The Labute approximate surface area is 188 Å². The van der Waals surface area contributed by atoms with Crippen LogP contribution < -0.4 is 29.6 Å². The number of phenols is 1. The van der Waals surface area contributed by atoms with E-state index in [0.29, 0.717) is 5.69 Å². The molecule has 29 heavy (non-hydrogen) atoms. The van der Waals surface area contributed by atoms with Crippen LogP contribution in [0.5, 0.6) is 5.75 Å². The molecule has 0 radical (unpaired) electrons. The summed E-state index contributed by atoms with van der Waals surface area (Å²) in [6.45, 7) is 0. The van der Waals surface area contributed by atoms with E-state index in [-0.39, 0.29) is 51.9 Å². The van der Waals surface area contributed by atoms with Crippen molar-refractivity contribution in [2.45, 2.75) is 4.90 Å². The van der Waals surface area contributed by atoms with Crippen molar-refractivity contribution in [3.8, 4) is 16.9 Å². The molecule has 0 aliphatic heterocycles. The maximum absolute atomic E-state index is 11.5. The molecule has 0 heterocycles. The molecule has 3 aromatic carbocycles. The van der Waals surface area contributed by atoms with Gasteiger partial charge >= 0.3 is 35.5 Å². The van der Waals surface area contributed by atoms with Gasteiger partial charge in [-0.1, -0.05) is 36.4 Å². The van der Waals surface area contributed by atoms with Gasteiger partial charge in [-0.05, 0) is 35.9 Å². The summed E-state index contributed by atoms with van der Waals surface area (Å²) in [5.74, 6) is -1.78.